The van der Waals surface area contributed by atoms with E-state index in [-0.39, 0.29) is 0 Å². The van der Waals surface area contributed by atoms with Crippen molar-refractivity contribution >= 4 is 10.0 Å². The molecule has 1 aromatic heterocycles. The van der Waals surface area contributed by atoms with Gasteiger partial charge in [-0.05, 0) is 19.9 Å². The number of aromatic nitrogens is 3. The summed E-state index contributed by atoms with van der Waals surface area (Å²) in [5.74, 6) is 0.892. The van der Waals surface area contributed by atoms with Gasteiger partial charge in [-0.15, -0.1) is 0 Å². The zero-order valence-corrected chi connectivity index (χ0v) is 11.0. The Labute approximate surface area is 102 Å². The van der Waals surface area contributed by atoms with Crippen LogP contribution in [0, 0.1) is 0 Å². The maximum Gasteiger partial charge on any atom is 0.208 e. The number of rotatable bonds is 8. The maximum atomic E-state index is 10.8. The normalized spacial score (nSPS) is 11.9. The molecule has 0 aliphatic heterocycles. The number of sulfonamides is 1. The number of nitrogens with zero attached hydrogens (tertiary/aromatic N) is 3. The Bertz CT molecular complexity index is 428. The molecule has 0 aromatic carbocycles. The molecular formula is C9H19N5O2S. The molecule has 0 fully saturated rings. The molecule has 1 aromatic rings. The fraction of sp³-hybridized carbons (Fsp3) is 0.778. The highest BCUT2D eigenvalue weighted by molar-refractivity contribution is 7.88. The van der Waals surface area contributed by atoms with Gasteiger partial charge in [0.2, 0.25) is 10.0 Å². The van der Waals surface area contributed by atoms with Crippen LogP contribution in [0.5, 0.6) is 0 Å². The molecular weight excluding hydrogens is 242 g/mol. The third kappa shape index (κ3) is 5.76. The second kappa shape index (κ2) is 6.67. The molecule has 0 atom stereocenters. The van der Waals surface area contributed by atoms with Gasteiger partial charge in [0, 0.05) is 13.1 Å². The van der Waals surface area contributed by atoms with E-state index in [4.69, 9.17) is 0 Å². The highest BCUT2D eigenvalue weighted by atomic mass is 32.2. The summed E-state index contributed by atoms with van der Waals surface area (Å²) in [5, 5.41) is 7.25. The second-order valence-electron chi connectivity index (χ2n) is 3.69. The largest absolute Gasteiger partial charge is 0.310 e. The molecule has 0 aliphatic rings. The first-order valence-electron chi connectivity index (χ1n) is 5.55. The first kappa shape index (κ1) is 14.1. The fourth-order valence-electron chi connectivity index (χ4n) is 1.36. The van der Waals surface area contributed by atoms with E-state index in [1.54, 1.807) is 0 Å². The zero-order valence-electron chi connectivity index (χ0n) is 10.2. The minimum absolute atomic E-state index is 0.451. The number of nitrogens with one attached hydrogen (secondary N) is 2. The van der Waals surface area contributed by atoms with Gasteiger partial charge < -0.3 is 5.32 Å². The van der Waals surface area contributed by atoms with Crippen LogP contribution in [-0.4, -0.2) is 42.5 Å². The molecule has 0 unspecified atom stereocenters. The third-order valence-corrected chi connectivity index (χ3v) is 2.90. The summed E-state index contributed by atoms with van der Waals surface area (Å²) in [6, 6.07) is 0. The van der Waals surface area contributed by atoms with E-state index >= 15 is 0 Å². The lowest BCUT2D eigenvalue weighted by Crippen LogP contribution is -2.26. The molecule has 7 nitrogen and oxygen atoms in total. The van der Waals surface area contributed by atoms with Crippen molar-refractivity contribution in [3.05, 3.63) is 12.2 Å². The molecule has 1 heterocycles. The lowest BCUT2D eigenvalue weighted by Gasteiger charge is -2.05. The van der Waals surface area contributed by atoms with Gasteiger partial charge in [-0.1, -0.05) is 0 Å². The Balaban J connectivity index is 2.13. The van der Waals surface area contributed by atoms with Crippen LogP contribution in [0.1, 0.15) is 19.2 Å². The van der Waals surface area contributed by atoms with Crippen molar-refractivity contribution in [1.82, 2.24) is 24.8 Å². The van der Waals surface area contributed by atoms with E-state index in [9.17, 15) is 8.42 Å². The Hall–Kier alpha value is -0.990. The molecule has 8 heteroatoms. The lowest BCUT2D eigenvalue weighted by atomic mass is 10.4. The average Bonchev–Trinajstić information content (AvgIpc) is 2.69. The Morgan fingerprint density at radius 3 is 2.82 bits per heavy atom. The summed E-state index contributed by atoms with van der Waals surface area (Å²) < 4.78 is 25.8. The highest BCUT2D eigenvalue weighted by Gasteiger charge is 2.02. The summed E-state index contributed by atoms with van der Waals surface area (Å²) >= 11 is 0. The van der Waals surface area contributed by atoms with Crippen LogP contribution < -0.4 is 10.0 Å². The summed E-state index contributed by atoms with van der Waals surface area (Å²) in [5.41, 5.74) is 0. The van der Waals surface area contributed by atoms with E-state index in [0.717, 1.165) is 31.6 Å². The van der Waals surface area contributed by atoms with E-state index in [2.05, 4.69) is 20.1 Å². The molecule has 0 aliphatic carbocycles. The smallest absolute Gasteiger partial charge is 0.208 e. The van der Waals surface area contributed by atoms with Crippen LogP contribution in [0.15, 0.2) is 6.33 Å². The van der Waals surface area contributed by atoms with Gasteiger partial charge in [0.15, 0.2) is 0 Å². The second-order valence-corrected chi connectivity index (χ2v) is 5.52. The molecule has 0 saturated heterocycles. The number of hydrogen-bond donors (Lipinski definition) is 2. The third-order valence-electron chi connectivity index (χ3n) is 2.17. The van der Waals surface area contributed by atoms with Crippen LogP contribution in [0.2, 0.25) is 0 Å². The predicted octanol–water partition coefficient (Wildman–Crippen LogP) is -0.673. The van der Waals surface area contributed by atoms with Crippen LogP contribution in [0.4, 0.5) is 0 Å². The molecule has 0 saturated carbocycles. The number of hydrogen-bond acceptors (Lipinski definition) is 5. The quantitative estimate of drug-likeness (QED) is 0.606. The molecule has 17 heavy (non-hydrogen) atoms. The average molecular weight is 261 g/mol. The van der Waals surface area contributed by atoms with Crippen LogP contribution in [-0.2, 0) is 23.1 Å². The molecule has 0 spiro atoms. The Morgan fingerprint density at radius 2 is 2.18 bits per heavy atom. The van der Waals surface area contributed by atoms with Crippen molar-refractivity contribution in [1.29, 1.82) is 0 Å². The van der Waals surface area contributed by atoms with Crippen molar-refractivity contribution in [2.75, 3.05) is 19.3 Å². The molecule has 0 amide bonds. The summed E-state index contributed by atoms with van der Waals surface area (Å²) in [4.78, 5) is 4.12. The van der Waals surface area contributed by atoms with Gasteiger partial charge >= 0.3 is 0 Å². The van der Waals surface area contributed by atoms with Gasteiger partial charge in [-0.3, -0.25) is 0 Å². The fourth-order valence-corrected chi connectivity index (χ4v) is 1.88. The summed E-state index contributed by atoms with van der Waals surface area (Å²) in [7, 11) is -3.07. The Morgan fingerprint density at radius 1 is 1.41 bits per heavy atom. The molecule has 2 N–H and O–H groups in total. The van der Waals surface area contributed by atoms with Crippen molar-refractivity contribution in [2.24, 2.45) is 0 Å². The van der Waals surface area contributed by atoms with Crippen molar-refractivity contribution < 1.29 is 8.42 Å². The van der Waals surface area contributed by atoms with Gasteiger partial charge in [-0.2, -0.15) is 5.10 Å². The van der Waals surface area contributed by atoms with E-state index in [1.165, 1.54) is 6.33 Å². The molecule has 1 rings (SSSR count). The van der Waals surface area contributed by atoms with E-state index in [1.807, 2.05) is 11.6 Å². The van der Waals surface area contributed by atoms with Crippen molar-refractivity contribution in [3.63, 3.8) is 0 Å². The minimum atomic E-state index is -3.07. The van der Waals surface area contributed by atoms with Gasteiger partial charge in [0.25, 0.3) is 0 Å². The minimum Gasteiger partial charge on any atom is -0.310 e. The Kier molecular flexibility index (Phi) is 5.52. The van der Waals surface area contributed by atoms with Crippen LogP contribution >= 0.6 is 0 Å². The standard InChI is InChI=1S/C9H19N5O2S/c1-3-14-9(11-8-12-14)7-10-5-4-6-13-17(2,15)16/h8,10,13H,3-7H2,1-2H3. The summed E-state index contributed by atoms with van der Waals surface area (Å²) in [6.45, 7) is 4.64. The van der Waals surface area contributed by atoms with E-state index in [0.29, 0.717) is 13.1 Å². The molecule has 98 valence electrons. The molecule has 0 bridgehead atoms. The summed E-state index contributed by atoms with van der Waals surface area (Å²) in [6.07, 6.45) is 3.43. The molecule has 0 radical (unpaired) electrons. The first-order chi connectivity index (χ1) is 8.03. The zero-order chi connectivity index (χ0) is 12.7. The predicted molar refractivity (Wildman–Crippen MR) is 64.9 cm³/mol. The SMILES string of the molecule is CCn1ncnc1CNCCCNS(C)(=O)=O. The van der Waals surface area contributed by atoms with Gasteiger partial charge in [-0.25, -0.2) is 22.8 Å². The maximum absolute atomic E-state index is 10.8. The van der Waals surface area contributed by atoms with Crippen molar-refractivity contribution in [3.8, 4) is 0 Å². The van der Waals surface area contributed by atoms with Gasteiger partial charge in [0.1, 0.15) is 12.2 Å². The monoisotopic (exact) mass is 261 g/mol. The first-order valence-corrected chi connectivity index (χ1v) is 7.44. The topological polar surface area (TPSA) is 88.9 Å². The van der Waals surface area contributed by atoms with Crippen LogP contribution in [0.3, 0.4) is 0 Å². The van der Waals surface area contributed by atoms with Crippen LogP contribution in [0.25, 0.3) is 0 Å². The van der Waals surface area contributed by atoms with Gasteiger partial charge in [0.05, 0.1) is 12.8 Å². The highest BCUT2D eigenvalue weighted by Crippen LogP contribution is 1.92. The van der Waals surface area contributed by atoms with E-state index < -0.39 is 10.0 Å². The number of aryl methyl sites for hydroxylation is 1. The lowest BCUT2D eigenvalue weighted by molar-refractivity contribution is 0.557. The van der Waals surface area contributed by atoms with Crippen molar-refractivity contribution in [2.45, 2.75) is 26.4 Å².